The van der Waals surface area contributed by atoms with Gasteiger partial charge in [-0.15, -0.1) is 11.3 Å². The van der Waals surface area contributed by atoms with E-state index in [4.69, 9.17) is 0 Å². The van der Waals surface area contributed by atoms with Crippen molar-refractivity contribution in [3.63, 3.8) is 0 Å². The molecule has 12 nitrogen and oxygen atoms in total. The minimum atomic E-state index is -4.10. The van der Waals surface area contributed by atoms with Crippen molar-refractivity contribution in [2.75, 3.05) is 32.8 Å². The Kier molecular flexibility index (Phi) is 13.3. The molecule has 1 aliphatic rings. The number of aryl methyl sites for hydroxylation is 1. The number of aromatic nitrogens is 1. The van der Waals surface area contributed by atoms with Crippen molar-refractivity contribution >= 4 is 33.3 Å². The number of nitrogens with one attached hydrogen (secondary N) is 1. The zero-order chi connectivity index (χ0) is 35.9. The third kappa shape index (κ3) is 9.86. The number of thiazole rings is 1. The molecule has 0 spiro atoms. The van der Waals surface area contributed by atoms with Crippen molar-refractivity contribution in [3.8, 4) is 0 Å². The van der Waals surface area contributed by atoms with E-state index in [9.17, 15) is 33.3 Å². The average molecular weight is 716 g/mol. The van der Waals surface area contributed by atoms with Crippen molar-refractivity contribution < 1.29 is 33.3 Å². The lowest BCUT2D eigenvalue weighted by atomic mass is 9.97. The van der Waals surface area contributed by atoms with E-state index in [0.717, 1.165) is 16.3 Å². The van der Waals surface area contributed by atoms with Crippen LogP contribution in [0.25, 0.3) is 0 Å². The van der Waals surface area contributed by atoms with Gasteiger partial charge in [-0.2, -0.15) is 4.31 Å². The molecule has 0 aliphatic carbocycles. The quantitative estimate of drug-likeness (QED) is 0.166. The van der Waals surface area contributed by atoms with Crippen molar-refractivity contribution in [1.29, 1.82) is 0 Å². The molecule has 14 heteroatoms. The number of carbonyl (C=O) groups is 2. The van der Waals surface area contributed by atoms with Crippen LogP contribution in [-0.4, -0.2) is 106 Å². The van der Waals surface area contributed by atoms with Crippen molar-refractivity contribution in [2.45, 2.75) is 76.8 Å². The molecule has 2 heterocycles. The molecule has 49 heavy (non-hydrogen) atoms. The van der Waals surface area contributed by atoms with Gasteiger partial charge < -0.3 is 30.4 Å². The van der Waals surface area contributed by atoms with Gasteiger partial charge in [-0.1, -0.05) is 70.2 Å². The number of hydrogen-bond acceptors (Lipinski definition) is 9. The fraction of sp³-hybridized carbons (Fsp3) is 0.514. The summed E-state index contributed by atoms with van der Waals surface area (Å²) in [6.45, 7) is 9.87. The van der Waals surface area contributed by atoms with E-state index >= 15 is 0 Å². The smallest absolute Gasteiger partial charge is 0.321 e. The molecular weight excluding hydrogens is 667 g/mol. The number of nitrogens with zero attached hydrogens (tertiary/aromatic N) is 4. The molecule has 3 aromatic rings. The molecule has 0 saturated carbocycles. The van der Waals surface area contributed by atoms with Crippen LogP contribution >= 0.6 is 11.3 Å². The lowest BCUT2D eigenvalue weighted by Crippen LogP contribution is -2.57. The standard InChI is InChI=1S/C35H49N5O7S2/c1-23(2)18-39(49(46,47)29-13-11-27(12-14-29)32(43)21-41)20-31(42)30(17-26-9-7-6-8-10-26)37-34(44)33(24(3)4)40-16-15-38(35(40)45)19-28-22-48-25(5)36-28/h6-14,22-24,30-33,41-43H,15-21H2,1-5H3,(H,37,44)/t30?,31-,32?,33-/m0/s1. The molecule has 4 N–H and O–H groups in total. The van der Waals surface area contributed by atoms with Crippen LogP contribution in [0.5, 0.6) is 0 Å². The van der Waals surface area contributed by atoms with E-state index in [-0.39, 0.29) is 42.3 Å². The summed E-state index contributed by atoms with van der Waals surface area (Å²) in [6, 6.07) is 13.0. The molecule has 1 aromatic heterocycles. The van der Waals surface area contributed by atoms with Gasteiger partial charge in [-0.25, -0.2) is 18.2 Å². The first kappa shape index (κ1) is 38.4. The number of carbonyl (C=O) groups excluding carboxylic acids is 2. The van der Waals surface area contributed by atoms with Gasteiger partial charge in [-0.3, -0.25) is 4.79 Å². The highest BCUT2D eigenvalue weighted by molar-refractivity contribution is 7.89. The second-order valence-electron chi connectivity index (χ2n) is 13.3. The van der Waals surface area contributed by atoms with E-state index in [0.29, 0.717) is 25.2 Å². The lowest BCUT2D eigenvalue weighted by Gasteiger charge is -2.34. The van der Waals surface area contributed by atoms with Crippen LogP contribution in [0.4, 0.5) is 4.79 Å². The van der Waals surface area contributed by atoms with Crippen LogP contribution in [0, 0.1) is 18.8 Å². The summed E-state index contributed by atoms with van der Waals surface area (Å²) in [4.78, 5) is 35.3. The maximum Gasteiger partial charge on any atom is 0.321 e. The predicted molar refractivity (Wildman–Crippen MR) is 188 cm³/mol. The fourth-order valence-electron chi connectivity index (χ4n) is 6.04. The summed E-state index contributed by atoms with van der Waals surface area (Å²) in [6.07, 6.45) is -2.21. The maximum absolute atomic E-state index is 14.1. The van der Waals surface area contributed by atoms with Gasteiger partial charge in [0.15, 0.2) is 0 Å². The third-order valence-electron chi connectivity index (χ3n) is 8.51. The SMILES string of the molecule is Cc1nc(CN2CCN([C@H](C(=O)NC(Cc3ccccc3)[C@@H](O)CN(CC(C)C)S(=O)(=O)c3ccc(C(O)CO)cc3)C(C)C)C2=O)cs1. The molecule has 1 aliphatic heterocycles. The van der Waals surface area contributed by atoms with Crippen LogP contribution in [0.2, 0.25) is 0 Å². The van der Waals surface area contributed by atoms with E-state index in [2.05, 4.69) is 10.3 Å². The van der Waals surface area contributed by atoms with Gasteiger partial charge in [0.2, 0.25) is 15.9 Å². The monoisotopic (exact) mass is 715 g/mol. The van der Waals surface area contributed by atoms with Gasteiger partial charge in [0.1, 0.15) is 12.1 Å². The van der Waals surface area contributed by atoms with E-state index in [1.54, 1.807) is 9.80 Å². The van der Waals surface area contributed by atoms with Crippen LogP contribution in [0.3, 0.4) is 0 Å². The Hall–Kier alpha value is -3.40. The summed E-state index contributed by atoms with van der Waals surface area (Å²) < 4.78 is 29.0. The zero-order valence-electron chi connectivity index (χ0n) is 28.8. The Morgan fingerprint density at radius 2 is 1.69 bits per heavy atom. The predicted octanol–water partition coefficient (Wildman–Crippen LogP) is 3.17. The van der Waals surface area contributed by atoms with Crippen LogP contribution in [-0.2, 0) is 27.8 Å². The molecule has 4 rings (SSSR count). The van der Waals surface area contributed by atoms with Crippen molar-refractivity contribution in [3.05, 3.63) is 81.8 Å². The summed E-state index contributed by atoms with van der Waals surface area (Å²) in [5, 5.41) is 36.8. The van der Waals surface area contributed by atoms with Crippen LogP contribution < -0.4 is 5.32 Å². The molecule has 0 bridgehead atoms. The van der Waals surface area contributed by atoms with Crippen molar-refractivity contribution in [1.82, 2.24) is 24.4 Å². The molecule has 3 amide bonds. The van der Waals surface area contributed by atoms with Gasteiger partial charge in [0.05, 0.1) is 40.9 Å². The molecule has 1 saturated heterocycles. The Labute approximate surface area is 293 Å². The largest absolute Gasteiger partial charge is 0.393 e. The van der Waals surface area contributed by atoms with Gasteiger partial charge in [0.25, 0.3) is 0 Å². The summed E-state index contributed by atoms with van der Waals surface area (Å²) >= 11 is 1.52. The summed E-state index contributed by atoms with van der Waals surface area (Å²) in [5.41, 5.74) is 2.01. The minimum absolute atomic E-state index is 0.0253. The number of amides is 3. The normalized spacial score (nSPS) is 16.4. The first-order chi connectivity index (χ1) is 23.2. The number of urea groups is 1. The molecular formula is C35H49N5O7S2. The Bertz CT molecular complexity index is 1630. The summed E-state index contributed by atoms with van der Waals surface area (Å²) in [7, 11) is -4.10. The van der Waals surface area contributed by atoms with Gasteiger partial charge in [0, 0.05) is 31.6 Å². The molecule has 1 fully saturated rings. The molecule has 4 atom stereocenters. The fourth-order valence-corrected chi connectivity index (χ4v) is 8.26. The van der Waals surface area contributed by atoms with Gasteiger partial charge in [-0.05, 0) is 48.4 Å². The minimum Gasteiger partial charge on any atom is -0.393 e. The maximum atomic E-state index is 14.1. The molecule has 2 unspecified atom stereocenters. The molecule has 268 valence electrons. The number of benzene rings is 2. The van der Waals surface area contributed by atoms with E-state index in [1.807, 2.05) is 70.3 Å². The van der Waals surface area contributed by atoms with Crippen LogP contribution in [0.15, 0.2) is 64.9 Å². The zero-order valence-corrected chi connectivity index (χ0v) is 30.4. The third-order valence-corrected chi connectivity index (χ3v) is 11.2. The first-order valence-electron chi connectivity index (χ1n) is 16.6. The Morgan fingerprint density at radius 3 is 2.27 bits per heavy atom. The number of hydrogen-bond donors (Lipinski definition) is 4. The van der Waals surface area contributed by atoms with E-state index in [1.165, 1.54) is 39.9 Å². The Morgan fingerprint density at radius 1 is 1.02 bits per heavy atom. The Balaban J connectivity index is 1.57. The van der Waals surface area contributed by atoms with Crippen LogP contribution in [0.1, 0.15) is 55.6 Å². The second kappa shape index (κ2) is 17.0. The van der Waals surface area contributed by atoms with E-state index < -0.39 is 46.8 Å². The van der Waals surface area contributed by atoms with Crippen molar-refractivity contribution in [2.24, 2.45) is 11.8 Å². The highest BCUT2D eigenvalue weighted by Gasteiger charge is 2.40. The average Bonchev–Trinajstić information content (AvgIpc) is 3.64. The summed E-state index contributed by atoms with van der Waals surface area (Å²) in [5.74, 6) is -0.752. The highest BCUT2D eigenvalue weighted by atomic mass is 32.2. The number of rotatable bonds is 17. The number of aliphatic hydroxyl groups is 3. The first-order valence-corrected chi connectivity index (χ1v) is 18.9. The topological polar surface area (TPSA) is 164 Å². The molecule has 0 radical (unpaired) electrons. The lowest BCUT2D eigenvalue weighted by molar-refractivity contribution is -0.128. The highest BCUT2D eigenvalue weighted by Crippen LogP contribution is 2.24. The number of sulfonamides is 1. The molecule has 2 aromatic carbocycles. The van der Waals surface area contributed by atoms with Gasteiger partial charge >= 0.3 is 6.03 Å². The second-order valence-corrected chi connectivity index (χ2v) is 16.3. The number of aliphatic hydroxyl groups excluding tert-OH is 3.